The molecule has 1 aromatic carbocycles. The molecule has 7 nitrogen and oxygen atoms in total. The summed E-state index contributed by atoms with van der Waals surface area (Å²) in [5.41, 5.74) is 2.88. The Kier molecular flexibility index (Phi) is 6.30. The topological polar surface area (TPSA) is 93.6 Å². The van der Waals surface area contributed by atoms with Crippen molar-refractivity contribution in [2.45, 2.75) is 33.8 Å². The molecule has 0 aliphatic carbocycles. The summed E-state index contributed by atoms with van der Waals surface area (Å²) < 4.78 is 28.3. The van der Waals surface area contributed by atoms with Crippen molar-refractivity contribution in [2.24, 2.45) is 5.92 Å². The zero-order valence-electron chi connectivity index (χ0n) is 16.3. The van der Waals surface area contributed by atoms with E-state index < -0.39 is 21.7 Å². The standard InChI is InChI=1S/C19H21ClN2O5S2/c1-11-6-12(2)17(16(20)7-11)22(13(3)23)19-21-15(9-28-19)8-27-18(24)14-4-5-29(25,26)10-14/h6-7,9,14H,4-5,8,10H2,1-3H3. The fraction of sp³-hybridized carbons (Fsp3) is 0.421. The zero-order chi connectivity index (χ0) is 21.3. The Bertz CT molecular complexity index is 1040. The Morgan fingerprint density at radius 3 is 2.66 bits per heavy atom. The summed E-state index contributed by atoms with van der Waals surface area (Å²) in [6, 6.07) is 3.72. The van der Waals surface area contributed by atoms with Gasteiger partial charge in [-0.15, -0.1) is 11.3 Å². The van der Waals surface area contributed by atoms with Gasteiger partial charge in [0.05, 0.1) is 33.8 Å². The Morgan fingerprint density at radius 2 is 2.07 bits per heavy atom. The van der Waals surface area contributed by atoms with Crippen molar-refractivity contribution in [1.29, 1.82) is 0 Å². The summed E-state index contributed by atoms with van der Waals surface area (Å²) in [7, 11) is -3.15. The number of halogens is 1. The molecule has 2 heterocycles. The number of rotatable bonds is 5. The van der Waals surface area contributed by atoms with Gasteiger partial charge in [0, 0.05) is 12.3 Å². The number of amides is 1. The fourth-order valence-corrected chi connectivity index (χ4v) is 6.28. The molecule has 3 rings (SSSR count). The van der Waals surface area contributed by atoms with Crippen LogP contribution >= 0.6 is 22.9 Å². The van der Waals surface area contributed by atoms with Crippen LogP contribution < -0.4 is 4.90 Å². The lowest BCUT2D eigenvalue weighted by molar-refractivity contribution is -0.149. The second kappa shape index (κ2) is 8.41. The number of nitrogens with zero attached hydrogens (tertiary/aromatic N) is 2. The van der Waals surface area contributed by atoms with Crippen molar-refractivity contribution in [2.75, 3.05) is 16.4 Å². The van der Waals surface area contributed by atoms with E-state index in [0.29, 0.717) is 21.5 Å². The Morgan fingerprint density at radius 1 is 1.34 bits per heavy atom. The van der Waals surface area contributed by atoms with E-state index in [1.807, 2.05) is 19.9 Å². The molecule has 10 heteroatoms. The van der Waals surface area contributed by atoms with Gasteiger partial charge >= 0.3 is 5.97 Å². The SMILES string of the molecule is CC(=O)N(c1nc(COC(=O)C2CCS(=O)(=O)C2)cs1)c1c(C)cc(C)cc1Cl. The van der Waals surface area contributed by atoms with E-state index in [2.05, 4.69) is 4.98 Å². The lowest BCUT2D eigenvalue weighted by Gasteiger charge is -2.22. The summed E-state index contributed by atoms with van der Waals surface area (Å²) in [4.78, 5) is 30.3. The lowest BCUT2D eigenvalue weighted by Crippen LogP contribution is -2.24. The van der Waals surface area contributed by atoms with E-state index in [-0.39, 0.29) is 30.4 Å². The maximum absolute atomic E-state index is 12.3. The van der Waals surface area contributed by atoms with Crippen molar-refractivity contribution < 1.29 is 22.7 Å². The molecule has 156 valence electrons. The largest absolute Gasteiger partial charge is 0.459 e. The molecule has 1 saturated heterocycles. The molecule has 0 N–H and O–H groups in total. The van der Waals surface area contributed by atoms with Gasteiger partial charge < -0.3 is 4.74 Å². The molecule has 29 heavy (non-hydrogen) atoms. The number of benzene rings is 1. The van der Waals surface area contributed by atoms with E-state index in [1.165, 1.54) is 23.2 Å². The summed E-state index contributed by atoms with van der Waals surface area (Å²) in [6.45, 7) is 5.14. The molecule has 1 fully saturated rings. The average Bonchev–Trinajstić information content (AvgIpc) is 3.21. The van der Waals surface area contributed by atoms with E-state index in [1.54, 1.807) is 11.4 Å². The first kappa shape index (κ1) is 21.7. The van der Waals surface area contributed by atoms with Gasteiger partial charge in [-0.05, 0) is 37.5 Å². The van der Waals surface area contributed by atoms with Crippen molar-refractivity contribution in [1.82, 2.24) is 4.98 Å². The number of aryl methyl sites for hydroxylation is 2. The van der Waals surface area contributed by atoms with Gasteiger partial charge in [-0.3, -0.25) is 14.5 Å². The predicted molar refractivity (Wildman–Crippen MR) is 112 cm³/mol. The number of hydrogen-bond acceptors (Lipinski definition) is 7. The van der Waals surface area contributed by atoms with Crippen LogP contribution in [0, 0.1) is 19.8 Å². The third-order valence-electron chi connectivity index (χ3n) is 4.60. The van der Waals surface area contributed by atoms with Crippen LogP contribution in [0.4, 0.5) is 10.8 Å². The van der Waals surface area contributed by atoms with Gasteiger partial charge in [0.25, 0.3) is 0 Å². The maximum atomic E-state index is 12.3. The lowest BCUT2D eigenvalue weighted by atomic mass is 10.1. The number of thiazole rings is 1. The molecule has 0 saturated carbocycles. The molecule has 1 aliphatic heterocycles. The van der Waals surface area contributed by atoms with Crippen LogP contribution in [0.25, 0.3) is 0 Å². The summed E-state index contributed by atoms with van der Waals surface area (Å²) in [6.07, 6.45) is 0.285. The van der Waals surface area contributed by atoms with Crippen molar-refractivity contribution in [3.8, 4) is 0 Å². The average molecular weight is 457 g/mol. The second-order valence-electron chi connectivity index (χ2n) is 7.10. The highest BCUT2D eigenvalue weighted by Crippen LogP contribution is 2.37. The molecule has 2 aromatic rings. The summed E-state index contributed by atoms with van der Waals surface area (Å²) in [5.74, 6) is -1.56. The van der Waals surface area contributed by atoms with Gasteiger partial charge in [0.2, 0.25) is 5.91 Å². The number of carbonyl (C=O) groups excluding carboxylic acids is 2. The summed E-state index contributed by atoms with van der Waals surface area (Å²) >= 11 is 7.63. The molecule has 1 aromatic heterocycles. The fourth-order valence-electron chi connectivity index (χ4n) is 3.29. The Labute approximate surface area is 178 Å². The first-order valence-corrected chi connectivity index (χ1v) is 12.0. The minimum Gasteiger partial charge on any atom is -0.459 e. The molecule has 1 atom stereocenters. The normalized spacial score (nSPS) is 17.9. The molecule has 1 unspecified atom stereocenters. The molecule has 0 bridgehead atoms. The predicted octanol–water partition coefficient (Wildman–Crippen LogP) is 3.58. The van der Waals surface area contributed by atoms with E-state index >= 15 is 0 Å². The number of anilines is 2. The highest BCUT2D eigenvalue weighted by Gasteiger charge is 2.34. The molecular weight excluding hydrogens is 436 g/mol. The molecule has 0 spiro atoms. The minimum absolute atomic E-state index is 0.0118. The highest BCUT2D eigenvalue weighted by atomic mass is 35.5. The van der Waals surface area contributed by atoms with Crippen LogP contribution in [-0.2, 0) is 30.8 Å². The Balaban J connectivity index is 1.75. The second-order valence-corrected chi connectivity index (χ2v) is 10.6. The van der Waals surface area contributed by atoms with Gasteiger partial charge in [0.1, 0.15) is 6.61 Å². The number of sulfone groups is 1. The highest BCUT2D eigenvalue weighted by molar-refractivity contribution is 7.91. The Hall–Kier alpha value is -1.97. The van der Waals surface area contributed by atoms with Crippen LogP contribution in [0.3, 0.4) is 0 Å². The molecule has 1 amide bonds. The molecule has 0 radical (unpaired) electrons. The van der Waals surface area contributed by atoms with Gasteiger partial charge in [-0.2, -0.15) is 0 Å². The number of esters is 1. The van der Waals surface area contributed by atoms with E-state index in [0.717, 1.165) is 11.1 Å². The van der Waals surface area contributed by atoms with Crippen molar-refractivity contribution in [3.05, 3.63) is 39.4 Å². The zero-order valence-corrected chi connectivity index (χ0v) is 18.7. The van der Waals surface area contributed by atoms with Gasteiger partial charge in [-0.25, -0.2) is 13.4 Å². The molecular formula is C19H21ClN2O5S2. The first-order chi connectivity index (χ1) is 13.6. The van der Waals surface area contributed by atoms with Crippen molar-refractivity contribution in [3.63, 3.8) is 0 Å². The number of aromatic nitrogens is 1. The monoisotopic (exact) mass is 456 g/mol. The van der Waals surface area contributed by atoms with Crippen LogP contribution in [-0.4, -0.2) is 36.8 Å². The van der Waals surface area contributed by atoms with Crippen LogP contribution in [0.15, 0.2) is 17.5 Å². The van der Waals surface area contributed by atoms with Crippen LogP contribution in [0.5, 0.6) is 0 Å². The first-order valence-electron chi connectivity index (χ1n) is 8.96. The van der Waals surface area contributed by atoms with E-state index in [4.69, 9.17) is 16.3 Å². The van der Waals surface area contributed by atoms with Crippen LogP contribution in [0.2, 0.25) is 5.02 Å². The third kappa shape index (κ3) is 4.96. The third-order valence-corrected chi connectivity index (χ3v) is 7.53. The van der Waals surface area contributed by atoms with E-state index in [9.17, 15) is 18.0 Å². The van der Waals surface area contributed by atoms with Crippen molar-refractivity contribution >= 4 is 55.5 Å². The molecule has 1 aliphatic rings. The number of ether oxygens (including phenoxy) is 1. The van der Waals surface area contributed by atoms with Gasteiger partial charge in [-0.1, -0.05) is 17.7 Å². The number of carbonyl (C=O) groups is 2. The minimum atomic E-state index is -3.15. The smallest absolute Gasteiger partial charge is 0.310 e. The van der Waals surface area contributed by atoms with Gasteiger partial charge in [0.15, 0.2) is 15.0 Å². The maximum Gasteiger partial charge on any atom is 0.310 e. The quantitative estimate of drug-likeness (QED) is 0.638. The summed E-state index contributed by atoms with van der Waals surface area (Å²) in [5, 5.41) is 2.56. The number of hydrogen-bond donors (Lipinski definition) is 0. The van der Waals surface area contributed by atoms with Crippen LogP contribution in [0.1, 0.15) is 30.2 Å².